The maximum absolute atomic E-state index is 11.9. The molecular weight excluding hydrogens is 188 g/mol. The van der Waals surface area contributed by atoms with Gasteiger partial charge in [0, 0.05) is 0 Å². The first-order chi connectivity index (χ1) is 6.65. The minimum atomic E-state index is -2.85. The van der Waals surface area contributed by atoms with E-state index in [1.54, 1.807) is 6.07 Å². The van der Waals surface area contributed by atoms with Crippen molar-refractivity contribution < 1.29 is 13.5 Å². The van der Waals surface area contributed by atoms with Gasteiger partial charge in [0.1, 0.15) is 5.75 Å². The van der Waals surface area contributed by atoms with Gasteiger partial charge in [-0.3, -0.25) is 0 Å². The van der Waals surface area contributed by atoms with Gasteiger partial charge in [-0.1, -0.05) is 6.92 Å². The lowest BCUT2D eigenvalue weighted by molar-refractivity contribution is -0.0498. The molecule has 0 atom stereocenters. The maximum atomic E-state index is 11.9. The number of rotatable bonds is 3. The van der Waals surface area contributed by atoms with E-state index in [0.29, 0.717) is 12.0 Å². The topological polar surface area (TPSA) is 33.0 Å². The first-order valence-corrected chi connectivity index (χ1v) is 4.14. The van der Waals surface area contributed by atoms with Crippen molar-refractivity contribution in [1.82, 2.24) is 0 Å². The molecule has 14 heavy (non-hydrogen) atoms. The molecule has 0 aliphatic heterocycles. The van der Waals surface area contributed by atoms with E-state index in [0.717, 1.165) is 5.56 Å². The summed E-state index contributed by atoms with van der Waals surface area (Å²) in [6.45, 7) is -0.975. The Morgan fingerprint density at radius 2 is 2.14 bits per heavy atom. The summed E-state index contributed by atoms with van der Waals surface area (Å²) in [5.74, 6) is 0.0379. The van der Waals surface area contributed by atoms with Gasteiger partial charge in [0.25, 0.3) is 0 Å². The van der Waals surface area contributed by atoms with Crippen LogP contribution in [-0.2, 0) is 6.42 Å². The Balaban J connectivity index is 3.00. The maximum Gasteiger partial charge on any atom is 0.387 e. The summed E-state index contributed by atoms with van der Waals surface area (Å²) in [4.78, 5) is 0. The third kappa shape index (κ3) is 2.70. The summed E-state index contributed by atoms with van der Waals surface area (Å²) >= 11 is 0. The smallest absolute Gasteiger partial charge is 0.387 e. The fourth-order valence-electron chi connectivity index (χ4n) is 1.10. The lowest BCUT2D eigenvalue weighted by atomic mass is 10.1. The minimum absolute atomic E-state index is 0.0379. The molecule has 0 bridgehead atoms. The second-order valence-electron chi connectivity index (χ2n) is 2.71. The van der Waals surface area contributed by atoms with Crippen molar-refractivity contribution >= 4 is 0 Å². The Morgan fingerprint density at radius 1 is 1.43 bits per heavy atom. The van der Waals surface area contributed by atoms with Crippen LogP contribution in [0.5, 0.6) is 5.75 Å². The molecule has 0 unspecified atom stereocenters. The molecule has 0 aromatic heterocycles. The van der Waals surface area contributed by atoms with Crippen molar-refractivity contribution in [3.8, 4) is 11.8 Å². The number of hydrogen-bond acceptors (Lipinski definition) is 2. The van der Waals surface area contributed by atoms with E-state index in [4.69, 9.17) is 5.26 Å². The number of alkyl halides is 2. The summed E-state index contributed by atoms with van der Waals surface area (Å²) in [5.41, 5.74) is 1.14. The summed E-state index contributed by atoms with van der Waals surface area (Å²) in [5, 5.41) is 8.62. The quantitative estimate of drug-likeness (QED) is 0.746. The van der Waals surface area contributed by atoms with Crippen LogP contribution in [0.3, 0.4) is 0 Å². The third-order valence-corrected chi connectivity index (χ3v) is 1.73. The normalized spacial score (nSPS) is 9.93. The number of ether oxygens (including phenoxy) is 1. The number of benzene rings is 1. The van der Waals surface area contributed by atoms with Crippen LogP contribution in [0.25, 0.3) is 0 Å². The largest absolute Gasteiger partial charge is 0.435 e. The first kappa shape index (κ1) is 10.5. The van der Waals surface area contributed by atoms with E-state index in [9.17, 15) is 8.78 Å². The molecule has 0 aliphatic carbocycles. The van der Waals surface area contributed by atoms with Crippen LogP contribution in [0.15, 0.2) is 18.2 Å². The van der Waals surface area contributed by atoms with Gasteiger partial charge >= 0.3 is 6.61 Å². The third-order valence-electron chi connectivity index (χ3n) is 1.73. The number of nitrogens with zero attached hydrogens (tertiary/aromatic N) is 1. The number of nitriles is 1. The van der Waals surface area contributed by atoms with Crippen molar-refractivity contribution in [2.75, 3.05) is 0 Å². The summed E-state index contributed by atoms with van der Waals surface area (Å²) < 4.78 is 28.0. The molecule has 1 aromatic carbocycles. The minimum Gasteiger partial charge on any atom is -0.435 e. The second kappa shape index (κ2) is 4.56. The highest BCUT2D eigenvalue weighted by atomic mass is 19.3. The Bertz CT molecular complexity index is 358. The standard InChI is InChI=1S/C10H9F2NO/c1-2-7-3-8(6-13)5-9(4-7)14-10(11)12/h3-5,10H,2H2,1H3. The van der Waals surface area contributed by atoms with E-state index in [-0.39, 0.29) is 5.75 Å². The number of halogens is 2. The van der Waals surface area contributed by atoms with Gasteiger partial charge in [-0.2, -0.15) is 14.0 Å². The predicted molar refractivity (Wildman–Crippen MR) is 47.2 cm³/mol. The average molecular weight is 197 g/mol. The van der Waals surface area contributed by atoms with Gasteiger partial charge in [0.05, 0.1) is 11.6 Å². The predicted octanol–water partition coefficient (Wildman–Crippen LogP) is 2.72. The molecule has 0 saturated carbocycles. The Kier molecular flexibility index (Phi) is 3.41. The summed E-state index contributed by atoms with van der Waals surface area (Å²) in [6, 6.07) is 6.35. The molecule has 0 amide bonds. The van der Waals surface area contributed by atoms with E-state index in [2.05, 4.69) is 4.74 Å². The average Bonchev–Trinajstić information content (AvgIpc) is 2.16. The zero-order valence-electron chi connectivity index (χ0n) is 7.63. The number of aryl methyl sites for hydroxylation is 1. The molecule has 0 aliphatic rings. The molecule has 0 spiro atoms. The molecule has 0 fully saturated rings. The van der Waals surface area contributed by atoms with Gasteiger partial charge in [-0.15, -0.1) is 0 Å². The highest BCUT2D eigenvalue weighted by Crippen LogP contribution is 2.19. The molecule has 0 heterocycles. The van der Waals surface area contributed by atoms with Crippen molar-refractivity contribution in [2.24, 2.45) is 0 Å². The van der Waals surface area contributed by atoms with Gasteiger partial charge in [-0.05, 0) is 30.2 Å². The molecule has 74 valence electrons. The van der Waals surface area contributed by atoms with Gasteiger partial charge in [-0.25, -0.2) is 0 Å². The molecule has 2 nitrogen and oxygen atoms in total. The fraction of sp³-hybridized carbons (Fsp3) is 0.300. The van der Waals surface area contributed by atoms with E-state index >= 15 is 0 Å². The van der Waals surface area contributed by atoms with Crippen LogP contribution in [-0.4, -0.2) is 6.61 Å². The molecule has 1 rings (SSSR count). The van der Waals surface area contributed by atoms with Crippen LogP contribution in [0.4, 0.5) is 8.78 Å². The van der Waals surface area contributed by atoms with Gasteiger partial charge in [0.2, 0.25) is 0 Å². The molecule has 0 N–H and O–H groups in total. The highest BCUT2D eigenvalue weighted by Gasteiger charge is 2.06. The lowest BCUT2D eigenvalue weighted by Gasteiger charge is -2.06. The van der Waals surface area contributed by atoms with Crippen LogP contribution >= 0.6 is 0 Å². The first-order valence-electron chi connectivity index (χ1n) is 4.14. The molecule has 4 heteroatoms. The van der Waals surface area contributed by atoms with Crippen molar-refractivity contribution in [3.05, 3.63) is 29.3 Å². The van der Waals surface area contributed by atoms with Crippen LogP contribution in [0, 0.1) is 11.3 Å². The van der Waals surface area contributed by atoms with Crippen LogP contribution in [0.2, 0.25) is 0 Å². The van der Waals surface area contributed by atoms with Crippen LogP contribution in [0.1, 0.15) is 18.1 Å². The SMILES string of the molecule is CCc1cc(C#N)cc(OC(F)F)c1. The van der Waals surface area contributed by atoms with Crippen molar-refractivity contribution in [2.45, 2.75) is 20.0 Å². The highest BCUT2D eigenvalue weighted by molar-refractivity contribution is 5.40. The Hall–Kier alpha value is -1.63. The van der Waals surface area contributed by atoms with E-state index in [1.807, 2.05) is 13.0 Å². The van der Waals surface area contributed by atoms with Crippen molar-refractivity contribution in [1.29, 1.82) is 5.26 Å². The van der Waals surface area contributed by atoms with Crippen LogP contribution < -0.4 is 4.74 Å². The number of hydrogen-bond donors (Lipinski definition) is 0. The van der Waals surface area contributed by atoms with E-state index in [1.165, 1.54) is 12.1 Å². The molecular formula is C10H9F2NO. The van der Waals surface area contributed by atoms with Gasteiger partial charge in [0.15, 0.2) is 0 Å². The Labute approximate surface area is 80.7 Å². The lowest BCUT2D eigenvalue weighted by Crippen LogP contribution is -2.02. The Morgan fingerprint density at radius 3 is 2.64 bits per heavy atom. The summed E-state index contributed by atoms with van der Waals surface area (Å²) in [7, 11) is 0. The van der Waals surface area contributed by atoms with E-state index < -0.39 is 6.61 Å². The van der Waals surface area contributed by atoms with Crippen molar-refractivity contribution in [3.63, 3.8) is 0 Å². The zero-order chi connectivity index (χ0) is 10.6. The molecule has 0 saturated heterocycles. The molecule has 0 radical (unpaired) electrons. The zero-order valence-corrected chi connectivity index (χ0v) is 7.63. The summed E-state index contributed by atoms with van der Waals surface area (Å²) in [6.07, 6.45) is 0.676. The fourth-order valence-corrected chi connectivity index (χ4v) is 1.10. The monoisotopic (exact) mass is 197 g/mol. The second-order valence-corrected chi connectivity index (χ2v) is 2.71. The van der Waals surface area contributed by atoms with Gasteiger partial charge < -0.3 is 4.74 Å². The molecule has 1 aromatic rings.